The van der Waals surface area contributed by atoms with Crippen LogP contribution in [-0.4, -0.2) is 24.6 Å². The van der Waals surface area contributed by atoms with Gasteiger partial charge in [0.25, 0.3) is 0 Å². The van der Waals surface area contributed by atoms with E-state index >= 15 is 0 Å². The van der Waals surface area contributed by atoms with E-state index in [4.69, 9.17) is 0 Å². The Morgan fingerprint density at radius 3 is 3.16 bits per heavy atom. The van der Waals surface area contributed by atoms with E-state index in [1.807, 2.05) is 12.1 Å². The third-order valence-corrected chi connectivity index (χ3v) is 3.70. The molecule has 2 heterocycles. The largest absolute Gasteiger partial charge is 0.369 e. The van der Waals surface area contributed by atoms with Crippen molar-refractivity contribution in [3.05, 3.63) is 36.3 Å². The number of nitrogens with zero attached hydrogens (tertiary/aromatic N) is 1. The number of fused-ring (bicyclic) bond motifs is 1. The van der Waals surface area contributed by atoms with Crippen LogP contribution in [0.2, 0.25) is 0 Å². The summed E-state index contributed by atoms with van der Waals surface area (Å²) in [5, 5.41) is 8.17. The molecule has 0 amide bonds. The molecule has 100 valence electrons. The molecular formula is C15H18FN3. The quantitative estimate of drug-likeness (QED) is 0.890. The molecule has 3 rings (SSSR count). The first-order valence-corrected chi connectivity index (χ1v) is 6.82. The first-order chi connectivity index (χ1) is 9.34. The fourth-order valence-corrected chi connectivity index (χ4v) is 2.66. The van der Waals surface area contributed by atoms with Gasteiger partial charge in [0.2, 0.25) is 0 Å². The van der Waals surface area contributed by atoms with Gasteiger partial charge in [-0.3, -0.25) is 0 Å². The Morgan fingerprint density at radius 2 is 2.32 bits per heavy atom. The van der Waals surface area contributed by atoms with Gasteiger partial charge in [0.1, 0.15) is 11.6 Å². The van der Waals surface area contributed by atoms with E-state index in [9.17, 15) is 4.39 Å². The molecule has 2 aromatic rings. The molecule has 0 bridgehead atoms. The molecule has 19 heavy (non-hydrogen) atoms. The van der Waals surface area contributed by atoms with E-state index in [2.05, 4.69) is 15.6 Å². The fourth-order valence-electron chi connectivity index (χ4n) is 2.66. The highest BCUT2D eigenvalue weighted by molar-refractivity contribution is 5.92. The number of pyridine rings is 1. The smallest absolute Gasteiger partial charge is 0.136 e. The van der Waals surface area contributed by atoms with Gasteiger partial charge in [0.05, 0.1) is 5.39 Å². The summed E-state index contributed by atoms with van der Waals surface area (Å²) in [5.74, 6) is 1.04. The Hall–Kier alpha value is -1.68. The van der Waals surface area contributed by atoms with Gasteiger partial charge in [-0.05, 0) is 49.4 Å². The minimum absolute atomic E-state index is 0.213. The zero-order valence-corrected chi connectivity index (χ0v) is 10.8. The molecule has 1 atom stereocenters. The van der Waals surface area contributed by atoms with Gasteiger partial charge in [-0.25, -0.2) is 9.37 Å². The van der Waals surface area contributed by atoms with Crippen LogP contribution in [0.3, 0.4) is 0 Å². The minimum Gasteiger partial charge on any atom is -0.369 e. The average Bonchev–Trinajstić information content (AvgIpc) is 2.46. The molecule has 1 aromatic carbocycles. The van der Waals surface area contributed by atoms with Gasteiger partial charge >= 0.3 is 0 Å². The van der Waals surface area contributed by atoms with Crippen LogP contribution in [0.15, 0.2) is 30.5 Å². The van der Waals surface area contributed by atoms with Gasteiger partial charge in [0, 0.05) is 12.7 Å². The molecule has 0 saturated carbocycles. The van der Waals surface area contributed by atoms with Crippen molar-refractivity contribution in [2.75, 3.05) is 25.0 Å². The monoisotopic (exact) mass is 259 g/mol. The number of anilines is 1. The number of hydrogen-bond acceptors (Lipinski definition) is 3. The molecule has 1 fully saturated rings. The third-order valence-electron chi connectivity index (χ3n) is 3.70. The van der Waals surface area contributed by atoms with Crippen LogP contribution in [0, 0.1) is 11.7 Å². The van der Waals surface area contributed by atoms with Crippen LogP contribution in [-0.2, 0) is 0 Å². The standard InChI is InChI=1S/C15H18FN3/c16-13-5-1-4-12-6-8-18-15(14(12)13)19-10-11-3-2-7-17-9-11/h1,4-6,8,11,17H,2-3,7,9-10H2,(H,18,19). The number of hydrogen-bond donors (Lipinski definition) is 2. The average molecular weight is 259 g/mol. The van der Waals surface area contributed by atoms with Crippen molar-refractivity contribution in [3.63, 3.8) is 0 Å². The van der Waals surface area contributed by atoms with E-state index in [-0.39, 0.29) is 5.82 Å². The number of aromatic nitrogens is 1. The summed E-state index contributed by atoms with van der Waals surface area (Å²) in [7, 11) is 0. The maximum absolute atomic E-state index is 13.9. The number of halogens is 1. The number of benzene rings is 1. The van der Waals surface area contributed by atoms with Gasteiger partial charge in [-0.15, -0.1) is 0 Å². The van der Waals surface area contributed by atoms with Crippen LogP contribution in [0.4, 0.5) is 10.2 Å². The molecule has 1 aliphatic rings. The molecular weight excluding hydrogens is 241 g/mol. The van der Waals surface area contributed by atoms with Crippen molar-refractivity contribution in [2.24, 2.45) is 5.92 Å². The normalized spacial score (nSPS) is 19.5. The van der Waals surface area contributed by atoms with Crippen molar-refractivity contribution in [2.45, 2.75) is 12.8 Å². The fraction of sp³-hybridized carbons (Fsp3) is 0.400. The van der Waals surface area contributed by atoms with Crippen LogP contribution in [0.5, 0.6) is 0 Å². The maximum Gasteiger partial charge on any atom is 0.136 e. The molecule has 2 N–H and O–H groups in total. The third kappa shape index (κ3) is 2.68. The Labute approximate surface area is 112 Å². The summed E-state index contributed by atoms with van der Waals surface area (Å²) in [6.07, 6.45) is 4.15. The molecule has 1 aromatic heterocycles. The highest BCUT2D eigenvalue weighted by Gasteiger charge is 2.14. The molecule has 4 heteroatoms. The lowest BCUT2D eigenvalue weighted by Crippen LogP contribution is -2.33. The molecule has 0 spiro atoms. The number of nitrogens with one attached hydrogen (secondary N) is 2. The number of piperidine rings is 1. The van der Waals surface area contributed by atoms with Crippen molar-refractivity contribution in [1.82, 2.24) is 10.3 Å². The maximum atomic E-state index is 13.9. The first-order valence-electron chi connectivity index (χ1n) is 6.82. The van der Waals surface area contributed by atoms with E-state index < -0.39 is 0 Å². The molecule has 1 unspecified atom stereocenters. The SMILES string of the molecule is Fc1cccc2ccnc(NCC3CCCNC3)c12. The van der Waals surface area contributed by atoms with Gasteiger partial charge < -0.3 is 10.6 Å². The highest BCUT2D eigenvalue weighted by atomic mass is 19.1. The van der Waals surface area contributed by atoms with Crippen molar-refractivity contribution < 1.29 is 4.39 Å². The van der Waals surface area contributed by atoms with E-state index in [1.54, 1.807) is 12.3 Å². The summed E-state index contributed by atoms with van der Waals surface area (Å²) in [5.41, 5.74) is 0. The van der Waals surface area contributed by atoms with Crippen LogP contribution in [0.1, 0.15) is 12.8 Å². The summed E-state index contributed by atoms with van der Waals surface area (Å²) in [6.45, 7) is 2.98. The molecule has 1 aliphatic heterocycles. The summed E-state index contributed by atoms with van der Waals surface area (Å²) in [4.78, 5) is 4.28. The lowest BCUT2D eigenvalue weighted by Gasteiger charge is -2.23. The van der Waals surface area contributed by atoms with E-state index in [0.717, 1.165) is 25.0 Å². The molecule has 3 nitrogen and oxygen atoms in total. The zero-order chi connectivity index (χ0) is 13.1. The van der Waals surface area contributed by atoms with E-state index in [1.165, 1.54) is 18.9 Å². The Bertz CT molecular complexity index is 559. The van der Waals surface area contributed by atoms with Gasteiger partial charge in [-0.2, -0.15) is 0 Å². The molecule has 0 aliphatic carbocycles. The second kappa shape index (κ2) is 5.53. The number of rotatable bonds is 3. The van der Waals surface area contributed by atoms with Crippen LogP contribution in [0.25, 0.3) is 10.8 Å². The minimum atomic E-state index is -0.213. The van der Waals surface area contributed by atoms with Gasteiger partial charge in [-0.1, -0.05) is 12.1 Å². The lowest BCUT2D eigenvalue weighted by atomic mass is 10.00. The first kappa shape index (κ1) is 12.4. The summed E-state index contributed by atoms with van der Waals surface area (Å²) >= 11 is 0. The Balaban J connectivity index is 1.80. The van der Waals surface area contributed by atoms with Crippen molar-refractivity contribution in [1.29, 1.82) is 0 Å². The summed E-state index contributed by atoms with van der Waals surface area (Å²) in [6, 6.07) is 6.96. The van der Waals surface area contributed by atoms with Crippen molar-refractivity contribution >= 4 is 16.6 Å². The Morgan fingerprint density at radius 1 is 1.37 bits per heavy atom. The summed E-state index contributed by atoms with van der Waals surface area (Å²) < 4.78 is 13.9. The van der Waals surface area contributed by atoms with Crippen LogP contribution >= 0.6 is 0 Å². The second-order valence-electron chi connectivity index (χ2n) is 5.09. The zero-order valence-electron chi connectivity index (χ0n) is 10.8. The second-order valence-corrected chi connectivity index (χ2v) is 5.09. The lowest BCUT2D eigenvalue weighted by molar-refractivity contribution is 0.392. The predicted octanol–water partition coefficient (Wildman–Crippen LogP) is 2.79. The van der Waals surface area contributed by atoms with Crippen LogP contribution < -0.4 is 10.6 Å². The molecule has 1 saturated heterocycles. The van der Waals surface area contributed by atoms with Crippen molar-refractivity contribution in [3.8, 4) is 0 Å². The molecule has 0 radical (unpaired) electrons. The Kier molecular flexibility index (Phi) is 3.60. The van der Waals surface area contributed by atoms with Gasteiger partial charge in [0.15, 0.2) is 0 Å². The van der Waals surface area contributed by atoms with E-state index in [0.29, 0.717) is 17.1 Å². The predicted molar refractivity (Wildman–Crippen MR) is 75.8 cm³/mol. The highest BCUT2D eigenvalue weighted by Crippen LogP contribution is 2.24. The topological polar surface area (TPSA) is 37.0 Å².